The SMILES string of the molecule is CC(C)CCCC(C)CCCC(C)CCCO.O=S(=O)([O-])[O-].[Na+].[Na+]. The molecule has 0 heterocycles. The van der Waals surface area contributed by atoms with Gasteiger partial charge in [-0.25, -0.2) is 0 Å². The van der Waals surface area contributed by atoms with Crippen LogP contribution in [0.5, 0.6) is 0 Å². The fraction of sp³-hybridized carbons (Fsp3) is 1.00. The summed E-state index contributed by atoms with van der Waals surface area (Å²) in [5.41, 5.74) is 0. The Balaban J connectivity index is -0.000000250. The number of aliphatic hydroxyl groups excluding tert-OH is 1. The van der Waals surface area contributed by atoms with Crippen LogP contribution in [0.2, 0.25) is 0 Å². The van der Waals surface area contributed by atoms with Crippen molar-refractivity contribution < 1.29 is 81.7 Å². The third kappa shape index (κ3) is 39.1. The summed E-state index contributed by atoms with van der Waals surface area (Å²) in [4.78, 5) is 0. The van der Waals surface area contributed by atoms with Gasteiger partial charge >= 0.3 is 59.1 Å². The van der Waals surface area contributed by atoms with Crippen molar-refractivity contribution in [2.75, 3.05) is 6.61 Å². The van der Waals surface area contributed by atoms with Crippen molar-refractivity contribution in [1.29, 1.82) is 0 Å². The molecule has 5 nitrogen and oxygen atoms in total. The number of hydrogen-bond acceptors (Lipinski definition) is 5. The number of aliphatic hydroxyl groups is 1. The largest absolute Gasteiger partial charge is 1.00 e. The van der Waals surface area contributed by atoms with E-state index in [1.54, 1.807) is 0 Å². The Morgan fingerprint density at radius 1 is 0.750 bits per heavy atom. The van der Waals surface area contributed by atoms with Crippen LogP contribution in [-0.4, -0.2) is 29.2 Å². The van der Waals surface area contributed by atoms with E-state index in [-0.39, 0.29) is 59.1 Å². The zero-order valence-electron chi connectivity index (χ0n) is 16.6. The van der Waals surface area contributed by atoms with Crippen molar-refractivity contribution in [1.82, 2.24) is 0 Å². The van der Waals surface area contributed by atoms with Gasteiger partial charge in [0.15, 0.2) is 0 Å². The quantitative estimate of drug-likeness (QED) is 0.245. The van der Waals surface area contributed by atoms with Gasteiger partial charge in [-0.1, -0.05) is 66.2 Å². The minimum Gasteiger partial charge on any atom is -0.759 e. The Morgan fingerprint density at radius 2 is 1.04 bits per heavy atom. The first-order valence-electron chi connectivity index (χ1n) is 8.33. The van der Waals surface area contributed by atoms with Gasteiger partial charge in [-0.15, -0.1) is 0 Å². The van der Waals surface area contributed by atoms with Crippen LogP contribution in [0, 0.1) is 17.8 Å². The van der Waals surface area contributed by atoms with Crippen LogP contribution in [0.25, 0.3) is 0 Å². The van der Waals surface area contributed by atoms with Crippen LogP contribution >= 0.6 is 0 Å². The maximum Gasteiger partial charge on any atom is 1.00 e. The summed E-state index contributed by atoms with van der Waals surface area (Å²) in [6.45, 7) is 9.70. The molecule has 0 saturated carbocycles. The van der Waals surface area contributed by atoms with Gasteiger partial charge in [0, 0.05) is 17.0 Å². The third-order valence-corrected chi connectivity index (χ3v) is 3.73. The summed E-state index contributed by atoms with van der Waals surface area (Å²) >= 11 is 0. The minimum atomic E-state index is -5.17. The zero-order valence-corrected chi connectivity index (χ0v) is 21.4. The smallest absolute Gasteiger partial charge is 0.759 e. The Kier molecular flexibility index (Phi) is 29.4. The van der Waals surface area contributed by atoms with E-state index in [2.05, 4.69) is 27.7 Å². The average Bonchev–Trinajstić information content (AvgIpc) is 2.33. The molecule has 0 fully saturated rings. The summed E-state index contributed by atoms with van der Waals surface area (Å²) in [5, 5.41) is 8.77. The molecule has 0 aliphatic carbocycles. The predicted molar refractivity (Wildman–Crippen MR) is 87.7 cm³/mol. The van der Waals surface area contributed by atoms with Crippen molar-refractivity contribution in [2.24, 2.45) is 17.8 Å². The van der Waals surface area contributed by atoms with Gasteiger partial charge in [0.05, 0.1) is 0 Å². The zero-order chi connectivity index (χ0) is 17.6. The molecule has 0 rings (SSSR count). The molecular weight excluding hydrogens is 350 g/mol. The molecule has 0 radical (unpaired) electrons. The minimum absolute atomic E-state index is 0. The van der Waals surface area contributed by atoms with Crippen molar-refractivity contribution in [3.63, 3.8) is 0 Å². The molecule has 0 bridgehead atoms. The first-order valence-corrected chi connectivity index (χ1v) is 9.67. The second-order valence-corrected chi connectivity index (χ2v) is 7.56. The molecule has 24 heavy (non-hydrogen) atoms. The van der Waals surface area contributed by atoms with Gasteiger partial charge in [-0.3, -0.25) is 8.42 Å². The van der Waals surface area contributed by atoms with Crippen molar-refractivity contribution in [3.8, 4) is 0 Å². The molecular formula is C16H34Na2O5S. The molecule has 0 aromatic rings. The van der Waals surface area contributed by atoms with Gasteiger partial charge in [-0.05, 0) is 30.6 Å². The van der Waals surface area contributed by atoms with E-state index >= 15 is 0 Å². The molecule has 0 saturated heterocycles. The van der Waals surface area contributed by atoms with Gasteiger partial charge < -0.3 is 14.2 Å². The van der Waals surface area contributed by atoms with E-state index < -0.39 is 10.4 Å². The molecule has 0 aliphatic heterocycles. The second kappa shape index (κ2) is 21.1. The first kappa shape index (κ1) is 33.4. The van der Waals surface area contributed by atoms with Crippen molar-refractivity contribution in [2.45, 2.75) is 79.1 Å². The molecule has 0 aromatic heterocycles. The first-order chi connectivity index (χ1) is 10.1. The van der Waals surface area contributed by atoms with Crippen LogP contribution in [0.4, 0.5) is 0 Å². The van der Waals surface area contributed by atoms with Gasteiger partial charge in [0.2, 0.25) is 0 Å². The molecule has 2 atom stereocenters. The number of hydrogen-bond donors (Lipinski definition) is 1. The van der Waals surface area contributed by atoms with E-state index in [0.29, 0.717) is 6.61 Å². The fourth-order valence-electron chi connectivity index (χ4n) is 2.42. The topological polar surface area (TPSA) is 100 Å². The van der Waals surface area contributed by atoms with Gasteiger partial charge in [0.1, 0.15) is 0 Å². The fourth-order valence-corrected chi connectivity index (χ4v) is 2.42. The maximum atomic E-state index is 8.77. The van der Waals surface area contributed by atoms with E-state index in [9.17, 15) is 0 Å². The van der Waals surface area contributed by atoms with Crippen LogP contribution in [-0.2, 0) is 10.4 Å². The average molecular weight is 384 g/mol. The second-order valence-electron chi connectivity index (χ2n) is 6.74. The molecule has 0 amide bonds. The Hall–Kier alpha value is 1.83. The standard InChI is InChI=1S/C16H34O.2Na.H2O4S/c1-14(2)8-5-9-15(3)10-6-11-16(4)12-7-13-17;;;1-5(2,3)4/h14-17H,5-13H2,1-4H3;;;(H2,1,2,3,4)/q;2*+1;/p-2. The summed E-state index contributed by atoms with van der Waals surface area (Å²) in [5.74, 6) is 2.56. The predicted octanol–water partition coefficient (Wildman–Crippen LogP) is -2.30. The molecule has 8 heteroatoms. The normalized spacial score (nSPS) is 13.2. The molecule has 136 valence electrons. The van der Waals surface area contributed by atoms with E-state index in [1.165, 1.54) is 44.9 Å². The van der Waals surface area contributed by atoms with Gasteiger partial charge in [0.25, 0.3) is 0 Å². The van der Waals surface area contributed by atoms with E-state index in [0.717, 1.165) is 24.2 Å². The van der Waals surface area contributed by atoms with E-state index in [4.69, 9.17) is 22.6 Å². The van der Waals surface area contributed by atoms with Gasteiger partial charge in [-0.2, -0.15) is 0 Å². The van der Waals surface area contributed by atoms with Crippen LogP contribution in [0.1, 0.15) is 79.1 Å². The van der Waals surface area contributed by atoms with Crippen molar-refractivity contribution >= 4 is 10.4 Å². The summed E-state index contributed by atoms with van der Waals surface area (Å²) in [7, 11) is -5.17. The Morgan fingerprint density at radius 3 is 1.33 bits per heavy atom. The van der Waals surface area contributed by atoms with Crippen molar-refractivity contribution in [3.05, 3.63) is 0 Å². The van der Waals surface area contributed by atoms with E-state index in [1.807, 2.05) is 0 Å². The van der Waals surface area contributed by atoms with Crippen LogP contribution in [0.3, 0.4) is 0 Å². The Bertz CT molecular complexity index is 329. The third-order valence-electron chi connectivity index (χ3n) is 3.73. The Labute approximate surface area is 193 Å². The van der Waals surface area contributed by atoms with Crippen LogP contribution in [0.15, 0.2) is 0 Å². The molecule has 0 aromatic carbocycles. The number of rotatable bonds is 11. The summed E-state index contributed by atoms with van der Waals surface area (Å²) < 4.78 is 34.1. The molecule has 0 aliphatic rings. The molecule has 1 N–H and O–H groups in total. The maximum absolute atomic E-state index is 8.77. The summed E-state index contributed by atoms with van der Waals surface area (Å²) in [6.07, 6.45) is 10.5. The molecule has 0 spiro atoms. The molecule has 2 unspecified atom stereocenters. The van der Waals surface area contributed by atoms with Crippen LogP contribution < -0.4 is 59.1 Å². The summed E-state index contributed by atoms with van der Waals surface area (Å²) in [6, 6.07) is 0. The monoisotopic (exact) mass is 384 g/mol.